The lowest BCUT2D eigenvalue weighted by Crippen LogP contribution is -2.03. The van der Waals surface area contributed by atoms with Gasteiger partial charge in [0.1, 0.15) is 5.65 Å². The molecule has 1 aliphatic heterocycles. The lowest BCUT2D eigenvalue weighted by atomic mass is 10.4. The maximum Gasteiger partial charge on any atom is 0.138 e. The molecular weight excluding hydrogens is 186 g/mol. The van der Waals surface area contributed by atoms with Gasteiger partial charge in [-0.05, 0) is 6.07 Å². The Morgan fingerprint density at radius 2 is 2.38 bits per heavy atom. The fourth-order valence-electron chi connectivity index (χ4n) is 1.75. The van der Waals surface area contributed by atoms with Crippen LogP contribution in [0.15, 0.2) is 18.3 Å². The van der Waals surface area contributed by atoms with Crippen molar-refractivity contribution >= 4 is 17.2 Å². The zero-order chi connectivity index (χ0) is 8.84. The van der Waals surface area contributed by atoms with Crippen LogP contribution in [0.25, 0.3) is 5.65 Å². The van der Waals surface area contributed by atoms with E-state index >= 15 is 0 Å². The predicted molar refractivity (Wildman–Crippen MR) is 50.7 cm³/mol. The van der Waals surface area contributed by atoms with Crippen molar-refractivity contribution in [2.45, 2.75) is 13.1 Å². The van der Waals surface area contributed by atoms with E-state index < -0.39 is 0 Å². The normalized spacial score (nSPS) is 15.2. The van der Waals surface area contributed by atoms with E-state index in [-0.39, 0.29) is 0 Å². The third kappa shape index (κ3) is 0.975. The fraction of sp³-hybridized carbons (Fsp3) is 0.222. The van der Waals surface area contributed by atoms with Crippen LogP contribution in [0.4, 0.5) is 0 Å². The number of nitrogens with zero attached hydrogens (tertiary/aromatic N) is 2. The van der Waals surface area contributed by atoms with Gasteiger partial charge in [-0.15, -0.1) is 0 Å². The first-order valence-electron chi connectivity index (χ1n) is 4.21. The van der Waals surface area contributed by atoms with E-state index in [0.29, 0.717) is 0 Å². The Morgan fingerprint density at radius 1 is 1.46 bits per heavy atom. The summed E-state index contributed by atoms with van der Waals surface area (Å²) in [6, 6.07) is 3.77. The second-order valence-corrected chi connectivity index (χ2v) is 3.62. The Hall–Kier alpha value is -1.06. The van der Waals surface area contributed by atoms with Gasteiger partial charge in [-0.1, -0.05) is 11.6 Å². The van der Waals surface area contributed by atoms with E-state index in [0.717, 1.165) is 29.5 Å². The second kappa shape index (κ2) is 2.47. The summed E-state index contributed by atoms with van der Waals surface area (Å²) in [7, 11) is 0. The molecule has 3 rings (SSSR count). The van der Waals surface area contributed by atoms with Crippen molar-refractivity contribution in [2.75, 3.05) is 0 Å². The Balaban J connectivity index is 2.38. The average molecular weight is 194 g/mol. The molecule has 1 aliphatic rings. The molecule has 66 valence electrons. The molecule has 4 heteroatoms. The monoisotopic (exact) mass is 193 g/mol. The molecule has 3 heterocycles. The molecule has 3 nitrogen and oxygen atoms in total. The number of pyridine rings is 1. The molecule has 2 aromatic heterocycles. The number of halogens is 1. The Labute approximate surface area is 80.3 Å². The van der Waals surface area contributed by atoms with Gasteiger partial charge < -0.3 is 9.72 Å². The lowest BCUT2D eigenvalue weighted by molar-refractivity contribution is 0.740. The highest BCUT2D eigenvalue weighted by atomic mass is 35.5. The third-order valence-corrected chi connectivity index (χ3v) is 2.59. The van der Waals surface area contributed by atoms with Crippen LogP contribution in [-0.4, -0.2) is 9.38 Å². The molecule has 13 heavy (non-hydrogen) atoms. The first-order chi connectivity index (χ1) is 6.34. The van der Waals surface area contributed by atoms with Gasteiger partial charge in [0, 0.05) is 30.4 Å². The average Bonchev–Trinajstić information content (AvgIpc) is 2.62. The third-order valence-electron chi connectivity index (χ3n) is 2.35. The highest BCUT2D eigenvalue weighted by Crippen LogP contribution is 2.19. The van der Waals surface area contributed by atoms with E-state index in [1.54, 1.807) is 0 Å². The van der Waals surface area contributed by atoms with Gasteiger partial charge in [0.15, 0.2) is 0 Å². The fourth-order valence-corrected chi connectivity index (χ4v) is 1.90. The van der Waals surface area contributed by atoms with Crippen LogP contribution >= 0.6 is 11.6 Å². The highest BCUT2D eigenvalue weighted by molar-refractivity contribution is 6.30. The van der Waals surface area contributed by atoms with Gasteiger partial charge in [-0.25, -0.2) is 4.98 Å². The molecule has 0 radical (unpaired) electrons. The molecule has 0 saturated carbocycles. The summed E-state index contributed by atoms with van der Waals surface area (Å²) >= 11 is 5.87. The maximum atomic E-state index is 5.87. The summed E-state index contributed by atoms with van der Waals surface area (Å²) in [5, 5.41) is 4.00. The van der Waals surface area contributed by atoms with Crippen LogP contribution in [0, 0.1) is 0 Å². The number of hydrogen-bond acceptors (Lipinski definition) is 2. The summed E-state index contributed by atoms with van der Waals surface area (Å²) in [4.78, 5) is 4.47. The molecule has 0 aromatic carbocycles. The number of imidazole rings is 1. The van der Waals surface area contributed by atoms with Crippen LogP contribution in [0.1, 0.15) is 11.4 Å². The lowest BCUT2D eigenvalue weighted by Gasteiger charge is -1.97. The van der Waals surface area contributed by atoms with Gasteiger partial charge in [-0.2, -0.15) is 0 Å². The maximum absolute atomic E-state index is 5.87. The topological polar surface area (TPSA) is 29.3 Å². The molecule has 0 atom stereocenters. The standard InChI is InChI=1S/C9H8ClN3/c10-6-1-2-13-8-5-11-4-7(8)12-9(13)3-6/h1-3,11H,4-5H2. The molecule has 1 N–H and O–H groups in total. The van der Waals surface area contributed by atoms with Crippen molar-refractivity contribution < 1.29 is 0 Å². The SMILES string of the molecule is Clc1ccn2c3c(nc2c1)CNC3. The zero-order valence-electron chi connectivity index (χ0n) is 6.92. The van der Waals surface area contributed by atoms with Crippen LogP contribution in [-0.2, 0) is 13.1 Å². The van der Waals surface area contributed by atoms with Gasteiger partial charge in [0.05, 0.1) is 11.4 Å². The zero-order valence-corrected chi connectivity index (χ0v) is 7.67. The minimum atomic E-state index is 0.740. The van der Waals surface area contributed by atoms with Crippen molar-refractivity contribution in [1.82, 2.24) is 14.7 Å². The highest BCUT2D eigenvalue weighted by Gasteiger charge is 2.16. The summed E-state index contributed by atoms with van der Waals surface area (Å²) < 4.78 is 2.08. The number of rotatable bonds is 0. The van der Waals surface area contributed by atoms with Crippen molar-refractivity contribution in [3.8, 4) is 0 Å². The Morgan fingerprint density at radius 3 is 3.31 bits per heavy atom. The number of aromatic nitrogens is 2. The van der Waals surface area contributed by atoms with Gasteiger partial charge in [0.2, 0.25) is 0 Å². The molecule has 0 fully saturated rings. The Kier molecular flexibility index (Phi) is 1.39. The second-order valence-electron chi connectivity index (χ2n) is 3.18. The number of fused-ring (bicyclic) bond motifs is 3. The van der Waals surface area contributed by atoms with E-state index in [1.165, 1.54) is 5.69 Å². The molecule has 0 spiro atoms. The number of nitrogens with one attached hydrogen (secondary N) is 1. The van der Waals surface area contributed by atoms with Crippen LogP contribution in [0.2, 0.25) is 5.02 Å². The summed E-state index contributed by atoms with van der Waals surface area (Å²) in [6.45, 7) is 1.77. The summed E-state index contributed by atoms with van der Waals surface area (Å²) in [5.74, 6) is 0. The minimum Gasteiger partial charge on any atom is -0.305 e. The van der Waals surface area contributed by atoms with E-state index in [2.05, 4.69) is 14.7 Å². The quantitative estimate of drug-likeness (QED) is 0.689. The van der Waals surface area contributed by atoms with Gasteiger partial charge in [0.25, 0.3) is 0 Å². The first-order valence-corrected chi connectivity index (χ1v) is 4.58. The minimum absolute atomic E-state index is 0.740. The molecule has 2 aromatic rings. The van der Waals surface area contributed by atoms with Crippen molar-refractivity contribution in [1.29, 1.82) is 0 Å². The van der Waals surface area contributed by atoms with Crippen molar-refractivity contribution in [3.05, 3.63) is 34.7 Å². The molecule has 0 amide bonds. The van der Waals surface area contributed by atoms with Crippen LogP contribution in [0.5, 0.6) is 0 Å². The van der Waals surface area contributed by atoms with Gasteiger partial charge in [-0.3, -0.25) is 0 Å². The summed E-state index contributed by atoms with van der Waals surface area (Å²) in [6.07, 6.45) is 1.97. The molecule has 0 saturated heterocycles. The van der Waals surface area contributed by atoms with E-state index in [1.807, 2.05) is 18.3 Å². The molecule has 0 aliphatic carbocycles. The van der Waals surface area contributed by atoms with Crippen molar-refractivity contribution in [3.63, 3.8) is 0 Å². The smallest absolute Gasteiger partial charge is 0.138 e. The predicted octanol–water partition coefficient (Wildman–Crippen LogP) is 1.59. The molecule has 0 bridgehead atoms. The molecule has 0 unspecified atom stereocenters. The van der Waals surface area contributed by atoms with Crippen LogP contribution < -0.4 is 5.32 Å². The number of hydrogen-bond donors (Lipinski definition) is 1. The summed E-state index contributed by atoms with van der Waals surface area (Å²) in [5.41, 5.74) is 3.34. The first kappa shape index (κ1) is 7.35. The largest absolute Gasteiger partial charge is 0.305 e. The van der Waals surface area contributed by atoms with Crippen molar-refractivity contribution in [2.24, 2.45) is 0 Å². The van der Waals surface area contributed by atoms with E-state index in [9.17, 15) is 0 Å². The molecular formula is C9H8ClN3. The van der Waals surface area contributed by atoms with Gasteiger partial charge >= 0.3 is 0 Å². The Bertz CT molecular complexity index is 475. The van der Waals surface area contributed by atoms with E-state index in [4.69, 9.17) is 11.6 Å². The van der Waals surface area contributed by atoms with Crippen LogP contribution in [0.3, 0.4) is 0 Å².